The molecular formula is C12H9F3N2. The summed E-state index contributed by atoms with van der Waals surface area (Å²) in [6, 6.07) is 9.61. The molecule has 1 heterocycles. The molecule has 2 aromatic rings. The van der Waals surface area contributed by atoms with Gasteiger partial charge in [-0.05, 0) is 6.07 Å². The van der Waals surface area contributed by atoms with Gasteiger partial charge < -0.3 is 5.73 Å². The fourth-order valence-corrected chi connectivity index (χ4v) is 1.48. The highest BCUT2D eigenvalue weighted by atomic mass is 19.4. The minimum Gasteiger partial charge on any atom is -0.397 e. The fraction of sp³-hybridized carbons (Fsp3) is 0.0833. The predicted molar refractivity (Wildman–Crippen MR) is 59.1 cm³/mol. The number of nitrogens with two attached hydrogens (primary N) is 1. The number of nitrogens with zero attached hydrogens (tertiary/aromatic N) is 1. The quantitative estimate of drug-likeness (QED) is 0.827. The van der Waals surface area contributed by atoms with Crippen molar-refractivity contribution in [3.05, 3.63) is 48.2 Å². The maximum atomic E-state index is 12.6. The number of anilines is 1. The van der Waals surface area contributed by atoms with Gasteiger partial charge in [-0.25, -0.2) is 0 Å². The summed E-state index contributed by atoms with van der Waals surface area (Å²) in [5.41, 5.74) is 4.93. The van der Waals surface area contributed by atoms with Crippen LogP contribution in [0.2, 0.25) is 0 Å². The van der Waals surface area contributed by atoms with Gasteiger partial charge in [0.05, 0.1) is 23.1 Å². The van der Waals surface area contributed by atoms with Crippen molar-refractivity contribution in [2.24, 2.45) is 0 Å². The molecule has 0 fully saturated rings. The van der Waals surface area contributed by atoms with Crippen LogP contribution in [0.4, 0.5) is 18.9 Å². The van der Waals surface area contributed by atoms with E-state index in [0.717, 1.165) is 12.3 Å². The first-order valence-corrected chi connectivity index (χ1v) is 4.86. The van der Waals surface area contributed by atoms with Crippen molar-refractivity contribution in [1.82, 2.24) is 4.98 Å². The summed E-state index contributed by atoms with van der Waals surface area (Å²) in [5.74, 6) is 0. The Balaban J connectivity index is 2.53. The van der Waals surface area contributed by atoms with Crippen LogP contribution in [0.15, 0.2) is 42.6 Å². The number of alkyl halides is 3. The van der Waals surface area contributed by atoms with Gasteiger partial charge in [-0.2, -0.15) is 13.2 Å². The van der Waals surface area contributed by atoms with Crippen molar-refractivity contribution in [2.75, 3.05) is 5.73 Å². The Labute approximate surface area is 95.9 Å². The van der Waals surface area contributed by atoms with Crippen LogP contribution in [0.5, 0.6) is 0 Å². The molecular weight excluding hydrogens is 229 g/mol. The molecule has 0 aliphatic rings. The smallest absolute Gasteiger partial charge is 0.397 e. The van der Waals surface area contributed by atoms with Crippen molar-refractivity contribution < 1.29 is 13.2 Å². The van der Waals surface area contributed by atoms with Crippen LogP contribution in [0.3, 0.4) is 0 Å². The summed E-state index contributed by atoms with van der Waals surface area (Å²) >= 11 is 0. The number of hydrogen-bond donors (Lipinski definition) is 1. The minimum atomic E-state index is -4.46. The van der Waals surface area contributed by atoms with Gasteiger partial charge in [-0.1, -0.05) is 30.3 Å². The van der Waals surface area contributed by atoms with Crippen molar-refractivity contribution in [3.63, 3.8) is 0 Å². The highest BCUT2D eigenvalue weighted by Gasteiger charge is 2.33. The van der Waals surface area contributed by atoms with Gasteiger partial charge in [0.25, 0.3) is 0 Å². The molecule has 0 aliphatic carbocycles. The third kappa shape index (κ3) is 2.38. The average molecular weight is 238 g/mol. The van der Waals surface area contributed by atoms with Crippen LogP contribution in [-0.2, 0) is 6.18 Å². The summed E-state index contributed by atoms with van der Waals surface area (Å²) in [6.45, 7) is 0. The molecule has 0 amide bonds. The van der Waals surface area contributed by atoms with Crippen molar-refractivity contribution in [3.8, 4) is 11.3 Å². The number of nitrogen functional groups attached to an aromatic ring is 1. The van der Waals surface area contributed by atoms with E-state index in [0.29, 0.717) is 5.56 Å². The Morgan fingerprint density at radius 1 is 1.06 bits per heavy atom. The fourth-order valence-electron chi connectivity index (χ4n) is 1.48. The van der Waals surface area contributed by atoms with E-state index in [-0.39, 0.29) is 11.4 Å². The second-order valence-electron chi connectivity index (χ2n) is 3.52. The summed E-state index contributed by atoms with van der Waals surface area (Å²) in [4.78, 5) is 3.90. The zero-order chi connectivity index (χ0) is 12.5. The highest BCUT2D eigenvalue weighted by Crippen LogP contribution is 2.35. The molecule has 0 bridgehead atoms. The molecule has 1 aromatic carbocycles. The normalized spacial score (nSPS) is 11.5. The van der Waals surface area contributed by atoms with E-state index in [4.69, 9.17) is 5.73 Å². The van der Waals surface area contributed by atoms with E-state index in [1.807, 2.05) is 0 Å². The largest absolute Gasteiger partial charge is 0.418 e. The number of rotatable bonds is 1. The first-order chi connectivity index (χ1) is 7.98. The zero-order valence-corrected chi connectivity index (χ0v) is 8.70. The number of halogens is 3. The monoisotopic (exact) mass is 238 g/mol. The average Bonchev–Trinajstić information content (AvgIpc) is 2.29. The molecule has 88 valence electrons. The van der Waals surface area contributed by atoms with E-state index >= 15 is 0 Å². The summed E-state index contributed by atoms with van der Waals surface area (Å²) in [6.07, 6.45) is -3.43. The van der Waals surface area contributed by atoms with Gasteiger partial charge in [0, 0.05) is 5.56 Å². The van der Waals surface area contributed by atoms with Crippen LogP contribution in [0.25, 0.3) is 11.3 Å². The lowest BCUT2D eigenvalue weighted by Crippen LogP contribution is -2.09. The van der Waals surface area contributed by atoms with Crippen LogP contribution >= 0.6 is 0 Å². The van der Waals surface area contributed by atoms with E-state index < -0.39 is 11.7 Å². The molecule has 2 N–H and O–H groups in total. The summed E-state index contributed by atoms with van der Waals surface area (Å²) < 4.78 is 37.9. The first-order valence-electron chi connectivity index (χ1n) is 4.86. The standard InChI is InChI=1S/C12H9F3N2/c13-12(14,15)9-6-11(17-7-10(9)16)8-4-2-1-3-5-8/h1-7H,16H2. The Bertz CT molecular complexity index is 521. The summed E-state index contributed by atoms with van der Waals surface area (Å²) in [5, 5.41) is 0. The Kier molecular flexibility index (Phi) is 2.75. The Morgan fingerprint density at radius 3 is 2.29 bits per heavy atom. The van der Waals surface area contributed by atoms with Gasteiger partial charge in [-0.3, -0.25) is 4.98 Å². The molecule has 0 aliphatic heterocycles. The lowest BCUT2D eigenvalue weighted by Gasteiger charge is -2.11. The maximum Gasteiger partial charge on any atom is 0.418 e. The van der Waals surface area contributed by atoms with Gasteiger partial charge in [0.15, 0.2) is 0 Å². The lowest BCUT2D eigenvalue weighted by atomic mass is 10.1. The number of benzene rings is 1. The number of pyridine rings is 1. The lowest BCUT2D eigenvalue weighted by molar-refractivity contribution is -0.136. The molecule has 1 aromatic heterocycles. The second kappa shape index (κ2) is 4.08. The van der Waals surface area contributed by atoms with Crippen LogP contribution in [0.1, 0.15) is 5.56 Å². The predicted octanol–water partition coefficient (Wildman–Crippen LogP) is 3.35. The van der Waals surface area contributed by atoms with Gasteiger partial charge in [-0.15, -0.1) is 0 Å². The molecule has 0 unspecified atom stereocenters. The maximum absolute atomic E-state index is 12.6. The van der Waals surface area contributed by atoms with Gasteiger partial charge in [0.1, 0.15) is 0 Å². The molecule has 0 atom stereocenters. The number of aromatic nitrogens is 1. The second-order valence-corrected chi connectivity index (χ2v) is 3.52. The third-order valence-electron chi connectivity index (χ3n) is 2.31. The third-order valence-corrected chi connectivity index (χ3v) is 2.31. The van der Waals surface area contributed by atoms with E-state index in [9.17, 15) is 13.2 Å². The van der Waals surface area contributed by atoms with E-state index in [1.54, 1.807) is 30.3 Å². The highest BCUT2D eigenvalue weighted by molar-refractivity contribution is 5.63. The first kappa shape index (κ1) is 11.4. The van der Waals surface area contributed by atoms with Crippen molar-refractivity contribution >= 4 is 5.69 Å². The summed E-state index contributed by atoms with van der Waals surface area (Å²) in [7, 11) is 0. The van der Waals surface area contributed by atoms with Crippen LogP contribution < -0.4 is 5.73 Å². The minimum absolute atomic E-state index is 0.257. The van der Waals surface area contributed by atoms with E-state index in [2.05, 4.69) is 4.98 Å². The molecule has 0 radical (unpaired) electrons. The van der Waals surface area contributed by atoms with Crippen LogP contribution in [0, 0.1) is 0 Å². The van der Waals surface area contributed by atoms with E-state index in [1.165, 1.54) is 0 Å². The zero-order valence-electron chi connectivity index (χ0n) is 8.70. The molecule has 0 saturated heterocycles. The molecule has 0 saturated carbocycles. The van der Waals surface area contributed by atoms with Crippen LogP contribution in [-0.4, -0.2) is 4.98 Å². The number of hydrogen-bond acceptors (Lipinski definition) is 2. The Hall–Kier alpha value is -2.04. The van der Waals surface area contributed by atoms with Gasteiger partial charge in [0.2, 0.25) is 0 Å². The molecule has 2 nitrogen and oxygen atoms in total. The van der Waals surface area contributed by atoms with Crippen molar-refractivity contribution in [2.45, 2.75) is 6.18 Å². The molecule has 0 spiro atoms. The Morgan fingerprint density at radius 2 is 1.71 bits per heavy atom. The molecule has 17 heavy (non-hydrogen) atoms. The molecule has 5 heteroatoms. The van der Waals surface area contributed by atoms with Crippen molar-refractivity contribution in [1.29, 1.82) is 0 Å². The SMILES string of the molecule is Nc1cnc(-c2ccccc2)cc1C(F)(F)F. The molecule has 2 rings (SSSR count). The van der Waals surface area contributed by atoms with Gasteiger partial charge >= 0.3 is 6.18 Å². The topological polar surface area (TPSA) is 38.9 Å².